The number of hydrogen-bond acceptors (Lipinski definition) is 10. The summed E-state index contributed by atoms with van der Waals surface area (Å²) in [4.78, 5) is 50.6. The number of rotatable bonds is 5. The third-order valence-corrected chi connectivity index (χ3v) is 13.9. The standard InChI is InChI=1S/C28H32O7.C14H11Cl2NO2.Na/c1-14(29)34-17-12-26(5)16(15-8-10-33-13-15)11-19-28(26,35-19)27(6)21(17)25(4)9-7-18(30)24(2,3)22(25)20(31)23(27)32;1-8-6-7-10(15)13(12(8)16)17-11-5-3-2-4-9(11)14(18)19;/h7-10,13,16-17,19,21,31H,11-12H2,1-6H3;2-7,17H,1H3,(H,18,19);/q;;+1/p-1. The van der Waals surface area contributed by atoms with Crippen molar-refractivity contribution >= 4 is 58.1 Å². The molecule has 0 bridgehead atoms. The zero-order valence-electron chi connectivity index (χ0n) is 32.0. The predicted octanol–water partition coefficient (Wildman–Crippen LogP) is 4.85. The molecule has 13 heteroatoms. The first-order valence-electron chi connectivity index (χ1n) is 17.9. The van der Waals surface area contributed by atoms with Gasteiger partial charge in [0.25, 0.3) is 0 Å². The Bertz CT molecular complexity index is 2180. The molecular formula is C42H42Cl2NNaO9. The summed E-state index contributed by atoms with van der Waals surface area (Å²) in [6.45, 7) is 12.7. The summed E-state index contributed by atoms with van der Waals surface area (Å²) in [5.74, 6) is -3.10. The Morgan fingerprint density at radius 2 is 1.73 bits per heavy atom. The maximum Gasteiger partial charge on any atom is 1.00 e. The van der Waals surface area contributed by atoms with Crippen LogP contribution in [-0.2, 0) is 23.9 Å². The van der Waals surface area contributed by atoms with Crippen LogP contribution in [0.15, 0.2) is 82.9 Å². The number of para-hydroxylation sites is 1. The minimum atomic E-state index is -1.26. The van der Waals surface area contributed by atoms with E-state index in [0.717, 1.165) is 11.1 Å². The van der Waals surface area contributed by atoms with Crippen molar-refractivity contribution in [1.82, 2.24) is 0 Å². The second kappa shape index (κ2) is 13.9. The average Bonchev–Trinajstić information content (AvgIpc) is 3.47. The van der Waals surface area contributed by atoms with Crippen LogP contribution < -0.4 is 40.0 Å². The van der Waals surface area contributed by atoms with Crippen molar-refractivity contribution in [2.24, 2.45) is 27.6 Å². The molecule has 5 aliphatic rings. The number of carboxylic acid groups (broad SMARTS) is 1. The van der Waals surface area contributed by atoms with E-state index in [-0.39, 0.29) is 58.7 Å². The summed E-state index contributed by atoms with van der Waals surface area (Å²) in [6, 6.07) is 11.9. The number of aliphatic hydroxyl groups excluding tert-OH is 1. The van der Waals surface area contributed by atoms with Crippen LogP contribution in [0, 0.1) is 34.5 Å². The van der Waals surface area contributed by atoms with E-state index in [1.54, 1.807) is 68.9 Å². The second-order valence-electron chi connectivity index (χ2n) is 16.3. The minimum absolute atomic E-state index is 0. The molecule has 2 N–H and O–H groups in total. The molecular weight excluding hydrogens is 756 g/mol. The Morgan fingerprint density at radius 3 is 2.36 bits per heavy atom. The first kappa shape index (κ1) is 41.3. The van der Waals surface area contributed by atoms with E-state index >= 15 is 0 Å². The van der Waals surface area contributed by atoms with E-state index in [9.17, 15) is 29.4 Å². The number of esters is 1. The van der Waals surface area contributed by atoms with Crippen molar-refractivity contribution < 1.29 is 72.8 Å². The molecule has 0 radical (unpaired) electrons. The molecule has 0 amide bonds. The molecule has 8 unspecified atom stereocenters. The van der Waals surface area contributed by atoms with Crippen molar-refractivity contribution in [3.8, 4) is 0 Å². The molecule has 284 valence electrons. The first-order chi connectivity index (χ1) is 25.3. The van der Waals surface area contributed by atoms with E-state index in [2.05, 4.69) is 12.2 Å². The number of allylic oxidation sites excluding steroid dienone is 4. The quantitative estimate of drug-likeness (QED) is 0.208. The van der Waals surface area contributed by atoms with E-state index in [0.29, 0.717) is 39.8 Å². The fourth-order valence-electron chi connectivity index (χ4n) is 10.9. The number of epoxide rings is 1. The van der Waals surface area contributed by atoms with Crippen LogP contribution in [-0.4, -0.2) is 46.4 Å². The van der Waals surface area contributed by atoms with Crippen molar-refractivity contribution in [2.75, 3.05) is 5.32 Å². The number of Topliss-reactive ketones (excluding diaryl/α,β-unsaturated/α-hetero) is 1. The summed E-state index contributed by atoms with van der Waals surface area (Å²) in [6.07, 6.45) is 7.17. The molecule has 1 spiro atoms. The van der Waals surface area contributed by atoms with Gasteiger partial charge in [0.15, 0.2) is 11.5 Å². The number of aryl methyl sites for hydroxylation is 1. The van der Waals surface area contributed by atoms with Gasteiger partial charge in [0.05, 0.1) is 51.2 Å². The number of carboxylic acids is 1. The number of aliphatic hydroxyl groups is 1. The predicted molar refractivity (Wildman–Crippen MR) is 199 cm³/mol. The van der Waals surface area contributed by atoms with Crippen LogP contribution in [0.2, 0.25) is 10.0 Å². The number of halogens is 2. The molecule has 2 heterocycles. The third kappa shape index (κ3) is 5.80. The van der Waals surface area contributed by atoms with Crippen LogP contribution in [0.5, 0.6) is 0 Å². The number of carbonyl (C=O) groups excluding carboxylic acids is 4. The Labute approximate surface area is 351 Å². The number of carbonyl (C=O) groups is 4. The number of anilines is 2. The number of benzene rings is 2. The summed E-state index contributed by atoms with van der Waals surface area (Å²) >= 11 is 12.2. The zero-order valence-corrected chi connectivity index (χ0v) is 35.6. The van der Waals surface area contributed by atoms with Gasteiger partial charge in [-0.1, -0.05) is 67.4 Å². The largest absolute Gasteiger partial charge is 1.00 e. The first-order valence-corrected chi connectivity index (χ1v) is 18.6. The van der Waals surface area contributed by atoms with Gasteiger partial charge in [0.2, 0.25) is 5.78 Å². The summed E-state index contributed by atoms with van der Waals surface area (Å²) in [7, 11) is 0. The number of hydrogen-bond donors (Lipinski definition) is 2. The number of furan rings is 1. The summed E-state index contributed by atoms with van der Waals surface area (Å²) < 4.78 is 17.9. The van der Waals surface area contributed by atoms with Gasteiger partial charge in [-0.15, -0.1) is 0 Å². The third-order valence-electron chi connectivity index (χ3n) is 13.1. The normalized spacial score (nSPS) is 33.5. The second-order valence-corrected chi connectivity index (χ2v) is 17.1. The maximum absolute atomic E-state index is 14.3. The van der Waals surface area contributed by atoms with Gasteiger partial charge in [-0.2, -0.15) is 0 Å². The van der Waals surface area contributed by atoms with E-state index in [4.69, 9.17) is 37.1 Å². The van der Waals surface area contributed by atoms with Crippen molar-refractivity contribution in [2.45, 2.75) is 85.0 Å². The SMILES string of the molecule is CC(=O)OC1CC2(C)C(c3ccoc3)CC3OC32C2(C)C(=O)C(O)=C3C(C)(C)C(=O)C=CC3(C)C12.Cc1ccc(Cl)c(Nc2ccccc2C(=O)[O-])c1Cl.[Na+]. The smallest absolute Gasteiger partial charge is 0.545 e. The van der Waals surface area contributed by atoms with Crippen LogP contribution in [0.3, 0.4) is 0 Å². The molecule has 1 aromatic heterocycles. The molecule has 10 nitrogen and oxygen atoms in total. The van der Waals surface area contributed by atoms with Crippen molar-refractivity contribution in [3.05, 3.63) is 105 Å². The van der Waals surface area contributed by atoms with E-state index in [1.807, 2.05) is 26.8 Å². The fraction of sp³-hybridized carbons (Fsp3) is 0.429. The van der Waals surface area contributed by atoms with Gasteiger partial charge in [-0.3, -0.25) is 14.4 Å². The number of fused-ring (bicyclic) bond motifs is 3. The number of aromatic carboxylic acids is 1. The Kier molecular flexibility index (Phi) is 10.4. The fourth-order valence-corrected chi connectivity index (χ4v) is 11.4. The van der Waals surface area contributed by atoms with Crippen LogP contribution in [0.4, 0.5) is 11.4 Å². The van der Waals surface area contributed by atoms with Gasteiger partial charge < -0.3 is 34.2 Å². The molecule has 2 saturated carbocycles. The van der Waals surface area contributed by atoms with Crippen molar-refractivity contribution in [1.29, 1.82) is 0 Å². The van der Waals surface area contributed by atoms with Gasteiger partial charge >= 0.3 is 35.5 Å². The monoisotopic (exact) mass is 797 g/mol. The Balaban J connectivity index is 0.000000219. The van der Waals surface area contributed by atoms with E-state index < -0.39 is 57.0 Å². The molecule has 8 rings (SSSR count). The topological polar surface area (TPSA) is 158 Å². The molecule has 2 aromatic carbocycles. The molecule has 3 fully saturated rings. The van der Waals surface area contributed by atoms with Gasteiger partial charge in [-0.05, 0) is 87.4 Å². The summed E-state index contributed by atoms with van der Waals surface area (Å²) in [5.41, 5.74) is -1.29. The van der Waals surface area contributed by atoms with Gasteiger partial charge in [0.1, 0.15) is 11.7 Å². The molecule has 1 aliphatic heterocycles. The minimum Gasteiger partial charge on any atom is -0.545 e. The summed E-state index contributed by atoms with van der Waals surface area (Å²) in [5, 5.41) is 26.4. The molecule has 4 aliphatic carbocycles. The van der Waals surface area contributed by atoms with Crippen molar-refractivity contribution in [3.63, 3.8) is 0 Å². The van der Waals surface area contributed by atoms with Gasteiger partial charge in [-0.25, -0.2) is 0 Å². The Morgan fingerprint density at radius 1 is 1.04 bits per heavy atom. The van der Waals surface area contributed by atoms with Crippen LogP contribution in [0.1, 0.15) is 81.8 Å². The Hall–Kier alpha value is -3.38. The van der Waals surface area contributed by atoms with Gasteiger partial charge in [0, 0.05) is 34.9 Å². The maximum atomic E-state index is 14.3. The zero-order chi connectivity index (χ0) is 39.3. The molecule has 55 heavy (non-hydrogen) atoms. The van der Waals surface area contributed by atoms with Crippen LogP contribution >= 0.6 is 23.2 Å². The van der Waals surface area contributed by atoms with Crippen LogP contribution in [0.25, 0.3) is 0 Å². The number of ether oxygens (including phenoxy) is 2. The molecule has 8 atom stereocenters. The number of ketones is 2. The molecule has 3 aromatic rings. The average molecular weight is 799 g/mol. The number of nitrogens with one attached hydrogen (secondary N) is 1. The van der Waals surface area contributed by atoms with E-state index in [1.165, 1.54) is 13.0 Å². The molecule has 1 saturated heterocycles.